The molecule has 80 valence electrons. The van der Waals surface area contributed by atoms with Gasteiger partial charge >= 0.3 is 0 Å². The molecule has 1 heterocycles. The van der Waals surface area contributed by atoms with Crippen molar-refractivity contribution in [3.8, 4) is 11.8 Å². The van der Waals surface area contributed by atoms with Gasteiger partial charge in [-0.25, -0.2) is 0 Å². The first-order valence-electron chi connectivity index (χ1n) is 4.40. The minimum Gasteiger partial charge on any atom is -0.268 e. The molecule has 16 heavy (non-hydrogen) atoms. The number of nitrogens with one attached hydrogen (secondary N) is 1. The zero-order valence-corrected chi connectivity index (χ0v) is 9.61. The molecule has 0 saturated heterocycles. The summed E-state index contributed by atoms with van der Waals surface area (Å²) < 4.78 is 0. The zero-order valence-electron chi connectivity index (χ0n) is 8.03. The van der Waals surface area contributed by atoms with Crippen LogP contribution in [0.2, 0.25) is 0 Å². The number of nitro groups is 1. The number of alkyl halides is 1. The first-order chi connectivity index (χ1) is 7.74. The fourth-order valence-electron chi connectivity index (χ4n) is 1.39. The monoisotopic (exact) mass is 279 g/mol. The standard InChI is InChI=1S/C10H6BrN3O2/c11-6-2-4-8-7-3-1-5-9(14(15)16)10(7)13-12-8/h1,3,5H,6H2,(H,12,13). The van der Waals surface area contributed by atoms with Crippen LogP contribution in [0.4, 0.5) is 5.69 Å². The zero-order chi connectivity index (χ0) is 11.5. The van der Waals surface area contributed by atoms with E-state index in [0.29, 0.717) is 21.9 Å². The van der Waals surface area contributed by atoms with Gasteiger partial charge in [-0.15, -0.1) is 0 Å². The highest BCUT2D eigenvalue weighted by Gasteiger charge is 2.15. The van der Waals surface area contributed by atoms with Gasteiger partial charge in [-0.2, -0.15) is 5.10 Å². The molecule has 5 nitrogen and oxygen atoms in total. The molecule has 0 atom stereocenters. The number of H-pyrrole nitrogens is 1. The Morgan fingerprint density at radius 1 is 1.56 bits per heavy atom. The fourth-order valence-corrected chi connectivity index (χ4v) is 1.53. The van der Waals surface area contributed by atoms with E-state index in [1.165, 1.54) is 6.07 Å². The summed E-state index contributed by atoms with van der Waals surface area (Å²) in [7, 11) is 0. The maximum absolute atomic E-state index is 10.7. The summed E-state index contributed by atoms with van der Waals surface area (Å²) in [6, 6.07) is 4.80. The normalized spacial score (nSPS) is 9.81. The number of fused-ring (bicyclic) bond motifs is 1. The largest absolute Gasteiger partial charge is 0.297 e. The van der Waals surface area contributed by atoms with E-state index >= 15 is 0 Å². The van der Waals surface area contributed by atoms with Gasteiger partial charge in [-0.1, -0.05) is 27.9 Å². The number of benzene rings is 1. The van der Waals surface area contributed by atoms with Crippen molar-refractivity contribution in [2.24, 2.45) is 0 Å². The second-order valence-electron chi connectivity index (χ2n) is 2.96. The summed E-state index contributed by atoms with van der Waals surface area (Å²) >= 11 is 3.18. The van der Waals surface area contributed by atoms with Crippen molar-refractivity contribution in [1.82, 2.24) is 10.2 Å². The minimum absolute atomic E-state index is 0.0133. The van der Waals surface area contributed by atoms with Crippen LogP contribution in [0.1, 0.15) is 5.69 Å². The van der Waals surface area contributed by atoms with Crippen molar-refractivity contribution in [1.29, 1.82) is 0 Å². The third-order valence-corrected chi connectivity index (χ3v) is 2.32. The third kappa shape index (κ3) is 1.77. The molecule has 0 unspecified atom stereocenters. The molecule has 0 aliphatic rings. The number of hydrogen-bond donors (Lipinski definition) is 1. The molecule has 1 aromatic carbocycles. The number of para-hydroxylation sites is 1. The first kappa shape index (κ1) is 10.6. The molecule has 1 N–H and O–H groups in total. The number of rotatable bonds is 1. The van der Waals surface area contributed by atoms with Crippen LogP contribution in [0.3, 0.4) is 0 Å². The van der Waals surface area contributed by atoms with Crippen LogP contribution in [-0.2, 0) is 0 Å². The van der Waals surface area contributed by atoms with Crippen molar-refractivity contribution in [2.75, 3.05) is 5.33 Å². The molecular formula is C10H6BrN3O2. The van der Waals surface area contributed by atoms with Gasteiger partial charge in [-0.05, 0) is 12.0 Å². The number of non-ortho nitro benzene ring substituents is 1. The molecule has 0 saturated carbocycles. The Bertz CT molecular complexity index is 609. The number of aromatic amines is 1. The van der Waals surface area contributed by atoms with Crippen molar-refractivity contribution in [3.05, 3.63) is 34.0 Å². The van der Waals surface area contributed by atoms with E-state index in [4.69, 9.17) is 0 Å². The topological polar surface area (TPSA) is 71.8 Å². The summed E-state index contributed by atoms with van der Waals surface area (Å²) in [5.74, 6) is 5.66. The van der Waals surface area contributed by atoms with Crippen LogP contribution in [0.25, 0.3) is 10.9 Å². The third-order valence-electron chi connectivity index (χ3n) is 2.04. The Kier molecular flexibility index (Phi) is 2.88. The summed E-state index contributed by atoms with van der Waals surface area (Å²) in [5, 5.41) is 18.6. The molecule has 6 heteroatoms. The number of nitro benzene ring substituents is 1. The number of aromatic nitrogens is 2. The molecule has 0 spiro atoms. The highest BCUT2D eigenvalue weighted by Crippen LogP contribution is 2.24. The lowest BCUT2D eigenvalue weighted by molar-refractivity contribution is -0.383. The van der Waals surface area contributed by atoms with Gasteiger partial charge in [0.15, 0.2) is 5.52 Å². The molecule has 0 radical (unpaired) electrons. The minimum atomic E-state index is -0.454. The second kappa shape index (κ2) is 4.33. The molecule has 0 fully saturated rings. The van der Waals surface area contributed by atoms with E-state index in [1.807, 2.05) is 0 Å². The molecule has 0 aliphatic heterocycles. The first-order valence-corrected chi connectivity index (χ1v) is 5.52. The van der Waals surface area contributed by atoms with Gasteiger partial charge in [0.2, 0.25) is 0 Å². The van der Waals surface area contributed by atoms with Crippen LogP contribution >= 0.6 is 15.9 Å². The fraction of sp³-hybridized carbons (Fsp3) is 0.100. The maximum Gasteiger partial charge on any atom is 0.297 e. The Morgan fingerprint density at radius 2 is 2.38 bits per heavy atom. The van der Waals surface area contributed by atoms with Gasteiger partial charge in [0.1, 0.15) is 5.69 Å². The van der Waals surface area contributed by atoms with Crippen molar-refractivity contribution in [3.63, 3.8) is 0 Å². The van der Waals surface area contributed by atoms with E-state index < -0.39 is 4.92 Å². The molecule has 0 aliphatic carbocycles. The molecule has 0 bridgehead atoms. The number of hydrogen-bond acceptors (Lipinski definition) is 3. The average molecular weight is 280 g/mol. The molecule has 0 amide bonds. The van der Waals surface area contributed by atoms with Crippen LogP contribution in [0.15, 0.2) is 18.2 Å². The molecule has 2 aromatic rings. The number of halogens is 1. The van der Waals surface area contributed by atoms with Crippen LogP contribution in [-0.4, -0.2) is 20.5 Å². The predicted molar refractivity (Wildman–Crippen MR) is 63.4 cm³/mol. The van der Waals surface area contributed by atoms with Crippen LogP contribution in [0.5, 0.6) is 0 Å². The molecule has 1 aromatic heterocycles. The predicted octanol–water partition coefficient (Wildman–Crippen LogP) is 2.22. The lowest BCUT2D eigenvalue weighted by atomic mass is 10.2. The Morgan fingerprint density at radius 3 is 3.06 bits per heavy atom. The smallest absolute Gasteiger partial charge is 0.268 e. The van der Waals surface area contributed by atoms with Gasteiger partial charge in [0, 0.05) is 11.5 Å². The second-order valence-corrected chi connectivity index (χ2v) is 3.53. The van der Waals surface area contributed by atoms with E-state index in [1.54, 1.807) is 12.1 Å². The van der Waals surface area contributed by atoms with E-state index in [0.717, 1.165) is 0 Å². The quantitative estimate of drug-likeness (QED) is 0.377. The Hall–Kier alpha value is -1.87. The summed E-state index contributed by atoms with van der Waals surface area (Å²) in [6.45, 7) is 0. The highest BCUT2D eigenvalue weighted by atomic mass is 79.9. The van der Waals surface area contributed by atoms with Crippen molar-refractivity contribution in [2.45, 2.75) is 0 Å². The highest BCUT2D eigenvalue weighted by molar-refractivity contribution is 9.09. The summed E-state index contributed by atoms with van der Waals surface area (Å²) in [6.07, 6.45) is 0. The Balaban J connectivity index is 2.66. The summed E-state index contributed by atoms with van der Waals surface area (Å²) in [5.41, 5.74) is 0.921. The van der Waals surface area contributed by atoms with Crippen molar-refractivity contribution < 1.29 is 4.92 Å². The van der Waals surface area contributed by atoms with Crippen LogP contribution < -0.4 is 0 Å². The Labute approximate surface area is 99.1 Å². The van der Waals surface area contributed by atoms with Gasteiger partial charge in [0.25, 0.3) is 5.69 Å². The SMILES string of the molecule is O=[N+]([O-])c1cccc2c(C#CCBr)[nH]nc12. The van der Waals surface area contributed by atoms with E-state index in [2.05, 4.69) is 38.0 Å². The van der Waals surface area contributed by atoms with Gasteiger partial charge in [-0.3, -0.25) is 15.2 Å². The lowest BCUT2D eigenvalue weighted by Crippen LogP contribution is -1.88. The average Bonchev–Trinajstić information content (AvgIpc) is 2.69. The maximum atomic E-state index is 10.7. The number of nitrogens with zero attached hydrogens (tertiary/aromatic N) is 2. The van der Waals surface area contributed by atoms with Gasteiger partial charge < -0.3 is 0 Å². The van der Waals surface area contributed by atoms with Crippen molar-refractivity contribution >= 4 is 32.5 Å². The van der Waals surface area contributed by atoms with Gasteiger partial charge in [0.05, 0.1) is 10.3 Å². The lowest BCUT2D eigenvalue weighted by Gasteiger charge is -1.91. The summed E-state index contributed by atoms with van der Waals surface area (Å²) in [4.78, 5) is 10.3. The van der Waals surface area contributed by atoms with Crippen LogP contribution in [0, 0.1) is 22.0 Å². The van der Waals surface area contributed by atoms with E-state index in [-0.39, 0.29) is 5.69 Å². The molecule has 2 rings (SSSR count). The van der Waals surface area contributed by atoms with E-state index in [9.17, 15) is 10.1 Å². The molecular weight excluding hydrogens is 274 g/mol.